The van der Waals surface area contributed by atoms with Crippen LogP contribution in [0.15, 0.2) is 83.9 Å². The summed E-state index contributed by atoms with van der Waals surface area (Å²) >= 11 is 0. The summed E-state index contributed by atoms with van der Waals surface area (Å²) in [7, 11) is 0. The van der Waals surface area contributed by atoms with Crippen LogP contribution < -0.4 is 11.0 Å². The fourth-order valence-electron chi connectivity index (χ4n) is 3.06. The third-order valence-corrected chi connectivity index (χ3v) is 4.43. The summed E-state index contributed by atoms with van der Waals surface area (Å²) in [6.07, 6.45) is 5.74. The van der Waals surface area contributed by atoms with Crippen LogP contribution >= 0.6 is 0 Å². The number of nitrogens with one attached hydrogen (secondary N) is 1. The van der Waals surface area contributed by atoms with Gasteiger partial charge in [0, 0.05) is 12.4 Å². The van der Waals surface area contributed by atoms with Gasteiger partial charge < -0.3 is 5.32 Å². The summed E-state index contributed by atoms with van der Waals surface area (Å²) in [6.45, 7) is -0.0330. The highest BCUT2D eigenvalue weighted by Crippen LogP contribution is 2.19. The van der Waals surface area contributed by atoms with Crippen molar-refractivity contribution in [3.05, 3.63) is 101 Å². The van der Waals surface area contributed by atoms with Gasteiger partial charge in [-0.15, -0.1) is 0 Å². The third kappa shape index (κ3) is 5.64. The second-order valence-electron chi connectivity index (χ2n) is 6.44. The highest BCUT2D eigenvalue weighted by molar-refractivity contribution is 5.76. The molecule has 1 aromatic heterocycles. The summed E-state index contributed by atoms with van der Waals surface area (Å²) in [5.74, 6) is -0.196. The van der Waals surface area contributed by atoms with E-state index in [0.717, 1.165) is 24.8 Å². The van der Waals surface area contributed by atoms with Crippen molar-refractivity contribution in [2.24, 2.45) is 0 Å². The number of aryl methyl sites for hydroxylation is 1. The molecule has 1 N–H and O–H groups in total. The third-order valence-electron chi connectivity index (χ3n) is 4.43. The van der Waals surface area contributed by atoms with Crippen LogP contribution in [0.5, 0.6) is 0 Å². The minimum absolute atomic E-state index is 0.0330. The number of aromatic nitrogens is 2. The number of nitrogens with zero attached hydrogens (tertiary/aromatic N) is 2. The molecule has 138 valence electrons. The van der Waals surface area contributed by atoms with Gasteiger partial charge in [-0.05, 0) is 36.5 Å². The van der Waals surface area contributed by atoms with Crippen molar-refractivity contribution in [1.29, 1.82) is 0 Å². The van der Waals surface area contributed by atoms with E-state index in [1.165, 1.54) is 16.3 Å². The molecule has 0 aliphatic carbocycles. The average molecular weight is 361 g/mol. The van der Waals surface area contributed by atoms with E-state index in [2.05, 4.69) is 22.4 Å². The summed E-state index contributed by atoms with van der Waals surface area (Å²) in [6, 6.07) is 21.8. The molecule has 2 aromatic carbocycles. The van der Waals surface area contributed by atoms with Crippen molar-refractivity contribution in [2.75, 3.05) is 0 Å². The molecule has 27 heavy (non-hydrogen) atoms. The van der Waals surface area contributed by atoms with Crippen molar-refractivity contribution in [1.82, 2.24) is 14.9 Å². The SMILES string of the molecule is O=C(Cn1cccnc1=O)NC(CCCc1ccccc1)c1ccccc1. The van der Waals surface area contributed by atoms with E-state index in [1.54, 1.807) is 12.3 Å². The van der Waals surface area contributed by atoms with E-state index < -0.39 is 5.69 Å². The first kappa shape index (κ1) is 18.6. The maximum Gasteiger partial charge on any atom is 0.347 e. The Labute approximate surface area is 158 Å². The van der Waals surface area contributed by atoms with Gasteiger partial charge in [0.1, 0.15) is 6.54 Å². The Bertz CT molecular complexity index is 907. The largest absolute Gasteiger partial charge is 0.348 e. The van der Waals surface area contributed by atoms with E-state index in [0.29, 0.717) is 0 Å². The van der Waals surface area contributed by atoms with Crippen LogP contribution in [0.4, 0.5) is 0 Å². The Morgan fingerprint density at radius 1 is 1.00 bits per heavy atom. The van der Waals surface area contributed by atoms with Crippen LogP contribution in [0.25, 0.3) is 0 Å². The molecule has 0 aliphatic heterocycles. The number of carbonyl (C=O) groups excluding carboxylic acids is 1. The van der Waals surface area contributed by atoms with Gasteiger partial charge >= 0.3 is 5.69 Å². The molecule has 0 saturated heterocycles. The van der Waals surface area contributed by atoms with Crippen molar-refractivity contribution < 1.29 is 4.79 Å². The Morgan fingerprint density at radius 3 is 2.41 bits per heavy atom. The molecular weight excluding hydrogens is 338 g/mol. The lowest BCUT2D eigenvalue weighted by Gasteiger charge is -2.19. The van der Waals surface area contributed by atoms with Gasteiger partial charge in [0.2, 0.25) is 5.91 Å². The average Bonchev–Trinajstić information content (AvgIpc) is 2.70. The van der Waals surface area contributed by atoms with Crippen LogP contribution in [0.2, 0.25) is 0 Å². The van der Waals surface area contributed by atoms with Gasteiger partial charge in [-0.2, -0.15) is 0 Å². The quantitative estimate of drug-likeness (QED) is 0.670. The minimum Gasteiger partial charge on any atom is -0.348 e. The zero-order chi connectivity index (χ0) is 18.9. The molecule has 0 saturated carbocycles. The molecular formula is C22H23N3O2. The maximum atomic E-state index is 12.5. The van der Waals surface area contributed by atoms with Gasteiger partial charge in [-0.3, -0.25) is 9.36 Å². The molecule has 0 bridgehead atoms. The highest BCUT2D eigenvalue weighted by Gasteiger charge is 2.15. The topological polar surface area (TPSA) is 64.0 Å². The van der Waals surface area contributed by atoms with Crippen molar-refractivity contribution in [3.63, 3.8) is 0 Å². The van der Waals surface area contributed by atoms with Gasteiger partial charge in [0.25, 0.3) is 0 Å². The minimum atomic E-state index is -0.423. The number of hydrogen-bond acceptors (Lipinski definition) is 3. The molecule has 1 heterocycles. The fourth-order valence-corrected chi connectivity index (χ4v) is 3.06. The first-order chi connectivity index (χ1) is 13.2. The maximum absolute atomic E-state index is 12.5. The summed E-state index contributed by atoms with van der Waals surface area (Å²) < 4.78 is 1.31. The molecule has 0 fully saturated rings. The molecule has 3 rings (SSSR count). The first-order valence-electron chi connectivity index (χ1n) is 9.12. The molecule has 1 amide bonds. The molecule has 1 unspecified atom stereocenters. The fraction of sp³-hybridized carbons (Fsp3) is 0.227. The van der Waals surface area contributed by atoms with Gasteiger partial charge in [-0.1, -0.05) is 60.7 Å². The van der Waals surface area contributed by atoms with Crippen LogP contribution in [0.3, 0.4) is 0 Å². The Morgan fingerprint density at radius 2 is 1.70 bits per heavy atom. The summed E-state index contributed by atoms with van der Waals surface area (Å²) in [4.78, 5) is 27.9. The zero-order valence-corrected chi connectivity index (χ0v) is 15.1. The van der Waals surface area contributed by atoms with E-state index >= 15 is 0 Å². The molecule has 1 atom stereocenters. The number of rotatable bonds is 8. The lowest BCUT2D eigenvalue weighted by atomic mass is 9.99. The highest BCUT2D eigenvalue weighted by atomic mass is 16.2. The number of amides is 1. The molecule has 0 radical (unpaired) electrons. The van der Waals surface area contributed by atoms with Crippen molar-refractivity contribution in [3.8, 4) is 0 Å². The molecule has 3 aromatic rings. The lowest BCUT2D eigenvalue weighted by molar-refractivity contribution is -0.122. The Balaban J connectivity index is 1.64. The van der Waals surface area contributed by atoms with E-state index in [1.807, 2.05) is 48.5 Å². The number of hydrogen-bond donors (Lipinski definition) is 1. The second-order valence-corrected chi connectivity index (χ2v) is 6.44. The molecule has 0 aliphatic rings. The molecule has 0 spiro atoms. The monoisotopic (exact) mass is 361 g/mol. The summed E-state index contributed by atoms with van der Waals surface area (Å²) in [5, 5.41) is 3.07. The van der Waals surface area contributed by atoms with Crippen LogP contribution in [-0.4, -0.2) is 15.5 Å². The van der Waals surface area contributed by atoms with Crippen LogP contribution in [-0.2, 0) is 17.8 Å². The predicted octanol–water partition coefficient (Wildman–Crippen LogP) is 3.12. The molecule has 5 nitrogen and oxygen atoms in total. The van der Waals surface area contributed by atoms with Crippen LogP contribution in [0.1, 0.15) is 30.0 Å². The van der Waals surface area contributed by atoms with Gasteiger partial charge in [-0.25, -0.2) is 9.78 Å². The van der Waals surface area contributed by atoms with Gasteiger partial charge in [0.15, 0.2) is 0 Å². The smallest absolute Gasteiger partial charge is 0.347 e. The van der Waals surface area contributed by atoms with Gasteiger partial charge in [0.05, 0.1) is 6.04 Å². The zero-order valence-electron chi connectivity index (χ0n) is 15.1. The Kier molecular flexibility index (Phi) is 6.52. The Hall–Kier alpha value is -3.21. The first-order valence-corrected chi connectivity index (χ1v) is 9.12. The van der Waals surface area contributed by atoms with E-state index in [4.69, 9.17) is 0 Å². The normalized spacial score (nSPS) is 11.7. The predicted molar refractivity (Wildman–Crippen MR) is 105 cm³/mol. The standard InChI is InChI=1S/C22H23N3O2/c26-21(17-25-16-8-15-23-22(25)27)24-20(19-12-5-2-6-13-19)14-7-11-18-9-3-1-4-10-18/h1-6,8-10,12-13,15-16,20H,7,11,14,17H2,(H,24,26). The summed E-state index contributed by atoms with van der Waals surface area (Å²) in [5.41, 5.74) is 1.93. The lowest BCUT2D eigenvalue weighted by Crippen LogP contribution is -2.35. The van der Waals surface area contributed by atoms with Crippen molar-refractivity contribution >= 4 is 5.91 Å². The van der Waals surface area contributed by atoms with Crippen molar-refractivity contribution in [2.45, 2.75) is 31.8 Å². The van der Waals surface area contributed by atoms with E-state index in [9.17, 15) is 9.59 Å². The number of carbonyl (C=O) groups is 1. The van der Waals surface area contributed by atoms with E-state index in [-0.39, 0.29) is 18.5 Å². The molecule has 5 heteroatoms. The number of benzene rings is 2. The second kappa shape index (κ2) is 9.48. The van der Waals surface area contributed by atoms with Crippen LogP contribution in [0, 0.1) is 0 Å².